The molecule has 6 heteroatoms. The van der Waals surface area contributed by atoms with E-state index in [0.29, 0.717) is 17.5 Å². The highest BCUT2D eigenvalue weighted by atomic mass is 16.5. The summed E-state index contributed by atoms with van der Waals surface area (Å²) in [6.07, 6.45) is 4.05. The molecule has 2 N–H and O–H groups in total. The van der Waals surface area contributed by atoms with Crippen LogP contribution in [0.2, 0.25) is 0 Å². The van der Waals surface area contributed by atoms with Gasteiger partial charge in [0.15, 0.2) is 5.78 Å². The molecule has 0 aromatic heterocycles. The van der Waals surface area contributed by atoms with Gasteiger partial charge in [-0.25, -0.2) is 5.48 Å². The molecule has 1 heterocycles. The first-order valence-electron chi connectivity index (χ1n) is 6.73. The number of fused-ring (bicyclic) bond motifs is 1. The van der Waals surface area contributed by atoms with Crippen molar-refractivity contribution in [2.75, 3.05) is 6.54 Å². The van der Waals surface area contributed by atoms with Crippen molar-refractivity contribution in [1.82, 2.24) is 10.4 Å². The maximum Gasteiger partial charge on any atom is 0.255 e. The van der Waals surface area contributed by atoms with E-state index < -0.39 is 11.9 Å². The molecule has 108 valence electrons. The van der Waals surface area contributed by atoms with Crippen LogP contribution >= 0.6 is 0 Å². The molecular weight excluding hydrogens is 272 g/mol. The van der Waals surface area contributed by atoms with Crippen LogP contribution < -0.4 is 5.48 Å². The SMILES string of the molecule is O=C(CCCN1C(=O)c2cccc3c2C(=O)C1C=C3)NO. The smallest absolute Gasteiger partial charge is 0.255 e. The largest absolute Gasteiger partial charge is 0.325 e. The summed E-state index contributed by atoms with van der Waals surface area (Å²) in [5.41, 5.74) is 3.25. The number of hydrogen-bond donors (Lipinski definition) is 2. The summed E-state index contributed by atoms with van der Waals surface area (Å²) in [5.74, 6) is -0.771. The van der Waals surface area contributed by atoms with E-state index >= 15 is 0 Å². The van der Waals surface area contributed by atoms with Crippen LogP contribution in [-0.4, -0.2) is 40.3 Å². The van der Waals surface area contributed by atoms with Gasteiger partial charge in [-0.15, -0.1) is 0 Å². The van der Waals surface area contributed by atoms with E-state index in [1.54, 1.807) is 23.7 Å². The van der Waals surface area contributed by atoms with Crippen LogP contribution in [0.3, 0.4) is 0 Å². The number of carbonyl (C=O) groups excluding carboxylic acids is 3. The molecule has 0 fully saturated rings. The molecule has 2 aliphatic rings. The predicted octanol–water partition coefficient (Wildman–Crippen LogP) is 1.01. The summed E-state index contributed by atoms with van der Waals surface area (Å²) in [6.45, 7) is 0.288. The Kier molecular flexibility index (Phi) is 3.31. The van der Waals surface area contributed by atoms with Gasteiger partial charge in [0, 0.05) is 18.5 Å². The van der Waals surface area contributed by atoms with Gasteiger partial charge in [-0.2, -0.15) is 0 Å². The van der Waals surface area contributed by atoms with E-state index in [2.05, 4.69) is 0 Å². The average molecular weight is 286 g/mol. The number of nitrogens with zero attached hydrogens (tertiary/aromatic N) is 1. The number of ketones is 1. The van der Waals surface area contributed by atoms with Crippen LogP contribution in [0.1, 0.15) is 39.1 Å². The zero-order valence-electron chi connectivity index (χ0n) is 11.2. The van der Waals surface area contributed by atoms with Crippen LogP contribution in [0.5, 0.6) is 0 Å². The Hall–Kier alpha value is -2.47. The molecule has 1 atom stereocenters. The Labute approximate surface area is 121 Å². The average Bonchev–Trinajstić information content (AvgIpc) is 2.50. The molecule has 6 nitrogen and oxygen atoms in total. The fraction of sp³-hybridized carbons (Fsp3) is 0.267. The molecule has 21 heavy (non-hydrogen) atoms. The van der Waals surface area contributed by atoms with Crippen LogP contribution in [0.15, 0.2) is 24.3 Å². The van der Waals surface area contributed by atoms with Gasteiger partial charge in [0.05, 0.1) is 5.56 Å². The third kappa shape index (κ3) is 2.13. The third-order valence-electron chi connectivity index (χ3n) is 3.82. The second kappa shape index (κ2) is 5.14. The highest BCUT2D eigenvalue weighted by Gasteiger charge is 2.39. The normalized spacial score (nSPS) is 18.9. The second-order valence-electron chi connectivity index (χ2n) is 5.08. The number of Topliss-reactive ketones (excluding diaryl/α,β-unsaturated/α-hetero) is 1. The Morgan fingerprint density at radius 2 is 2.14 bits per heavy atom. The fourth-order valence-corrected chi connectivity index (χ4v) is 2.83. The fourth-order valence-electron chi connectivity index (χ4n) is 2.83. The van der Waals surface area contributed by atoms with Gasteiger partial charge < -0.3 is 4.90 Å². The van der Waals surface area contributed by atoms with E-state index in [0.717, 1.165) is 5.56 Å². The van der Waals surface area contributed by atoms with Gasteiger partial charge in [-0.1, -0.05) is 24.3 Å². The number of carbonyl (C=O) groups is 3. The maximum absolute atomic E-state index is 12.5. The van der Waals surface area contributed by atoms with Crippen molar-refractivity contribution in [2.24, 2.45) is 0 Å². The molecule has 0 saturated heterocycles. The topological polar surface area (TPSA) is 86.7 Å². The van der Waals surface area contributed by atoms with E-state index in [4.69, 9.17) is 5.21 Å². The molecule has 1 aliphatic heterocycles. The van der Waals surface area contributed by atoms with Crippen molar-refractivity contribution in [3.05, 3.63) is 41.0 Å². The van der Waals surface area contributed by atoms with E-state index in [-0.39, 0.29) is 24.7 Å². The lowest BCUT2D eigenvalue weighted by Crippen LogP contribution is -2.50. The number of nitrogens with one attached hydrogen (secondary N) is 1. The summed E-state index contributed by atoms with van der Waals surface area (Å²) in [7, 11) is 0. The first-order chi connectivity index (χ1) is 10.1. The van der Waals surface area contributed by atoms with Gasteiger partial charge in [0.1, 0.15) is 6.04 Å². The number of hydrogen-bond acceptors (Lipinski definition) is 4. The Balaban J connectivity index is 1.86. The summed E-state index contributed by atoms with van der Waals surface area (Å²) in [5, 5.41) is 8.46. The molecular formula is C15H14N2O4. The molecule has 0 saturated carbocycles. The standard InChI is InChI=1S/C15H14N2O4/c18-12(16-21)5-2-8-17-11-7-6-9-3-1-4-10(15(17)20)13(9)14(11)19/h1,3-4,6-7,11,21H,2,5,8H2,(H,16,18). The molecule has 1 aromatic carbocycles. The van der Waals surface area contributed by atoms with Crippen molar-refractivity contribution < 1.29 is 19.6 Å². The van der Waals surface area contributed by atoms with Crippen LogP contribution in [0.4, 0.5) is 0 Å². The number of amides is 2. The van der Waals surface area contributed by atoms with Crippen molar-refractivity contribution in [3.63, 3.8) is 0 Å². The minimum Gasteiger partial charge on any atom is -0.325 e. The Morgan fingerprint density at radius 3 is 2.90 bits per heavy atom. The lowest BCUT2D eigenvalue weighted by molar-refractivity contribution is -0.129. The monoisotopic (exact) mass is 286 g/mol. The van der Waals surface area contributed by atoms with Crippen LogP contribution in [0, 0.1) is 0 Å². The molecule has 1 aromatic rings. The molecule has 0 radical (unpaired) electrons. The molecule has 2 amide bonds. The summed E-state index contributed by atoms with van der Waals surface area (Å²) in [4.78, 5) is 37.4. The van der Waals surface area contributed by atoms with Gasteiger partial charge in [0.25, 0.3) is 5.91 Å². The van der Waals surface area contributed by atoms with Crippen molar-refractivity contribution in [2.45, 2.75) is 18.9 Å². The lowest BCUT2D eigenvalue weighted by Gasteiger charge is -2.36. The van der Waals surface area contributed by atoms with Crippen LogP contribution in [-0.2, 0) is 4.79 Å². The first-order valence-corrected chi connectivity index (χ1v) is 6.73. The molecule has 1 unspecified atom stereocenters. The molecule has 2 bridgehead atoms. The Morgan fingerprint density at radius 1 is 1.33 bits per heavy atom. The zero-order chi connectivity index (χ0) is 15.0. The minimum atomic E-state index is -0.586. The van der Waals surface area contributed by atoms with Gasteiger partial charge in [-0.3, -0.25) is 19.6 Å². The minimum absolute atomic E-state index is 0.0747. The molecule has 1 aliphatic carbocycles. The predicted molar refractivity (Wildman–Crippen MR) is 73.8 cm³/mol. The van der Waals surface area contributed by atoms with E-state index in [9.17, 15) is 14.4 Å². The summed E-state index contributed by atoms with van der Waals surface area (Å²) < 4.78 is 0. The van der Waals surface area contributed by atoms with Gasteiger partial charge in [-0.05, 0) is 18.1 Å². The van der Waals surface area contributed by atoms with Gasteiger partial charge in [0.2, 0.25) is 5.91 Å². The quantitative estimate of drug-likeness (QED) is 0.638. The first kappa shape index (κ1) is 13.5. The molecule has 0 spiro atoms. The Bertz CT molecular complexity index is 666. The third-order valence-corrected chi connectivity index (χ3v) is 3.82. The van der Waals surface area contributed by atoms with Crippen molar-refractivity contribution in [3.8, 4) is 0 Å². The number of benzene rings is 1. The highest BCUT2D eigenvalue weighted by molar-refractivity contribution is 6.19. The van der Waals surface area contributed by atoms with E-state index in [1.807, 2.05) is 12.1 Å². The number of hydroxylamine groups is 1. The summed E-state index contributed by atoms with van der Waals surface area (Å²) in [6, 6.07) is 4.64. The lowest BCUT2D eigenvalue weighted by atomic mass is 9.84. The molecule has 3 rings (SSSR count). The van der Waals surface area contributed by atoms with Crippen molar-refractivity contribution in [1.29, 1.82) is 0 Å². The van der Waals surface area contributed by atoms with E-state index in [1.165, 1.54) is 4.90 Å². The van der Waals surface area contributed by atoms with Crippen LogP contribution in [0.25, 0.3) is 6.08 Å². The summed E-state index contributed by atoms with van der Waals surface area (Å²) >= 11 is 0. The van der Waals surface area contributed by atoms with Gasteiger partial charge >= 0.3 is 0 Å². The van der Waals surface area contributed by atoms with Crippen molar-refractivity contribution >= 4 is 23.7 Å². The second-order valence-corrected chi connectivity index (χ2v) is 5.08. The number of rotatable bonds is 4. The highest BCUT2D eigenvalue weighted by Crippen LogP contribution is 2.31. The zero-order valence-corrected chi connectivity index (χ0v) is 11.2. The maximum atomic E-state index is 12.5.